The predicted octanol–water partition coefficient (Wildman–Crippen LogP) is 6.78. The van der Waals surface area contributed by atoms with Gasteiger partial charge >= 0.3 is 0 Å². The largest absolute Gasteiger partial charge is 0.342 e. The molecule has 6 nitrogen and oxygen atoms in total. The number of fused-ring (bicyclic) bond motifs is 1. The number of amides is 3. The molecule has 1 fully saturated rings. The summed E-state index contributed by atoms with van der Waals surface area (Å²) in [5, 5.41) is 3.89. The molecule has 36 heavy (non-hydrogen) atoms. The summed E-state index contributed by atoms with van der Waals surface area (Å²) >= 11 is 10.2. The first-order valence-corrected chi connectivity index (χ1v) is 13.0. The van der Waals surface area contributed by atoms with Crippen LogP contribution in [-0.4, -0.2) is 33.1 Å². The SMILES string of the molecule is O=C(CN1C(=O)S/C(=C\c2cn(Cc3ccc(Cl)cc3)c3ccccc23)C1=O)Nc1ccccc1Br. The van der Waals surface area contributed by atoms with Crippen molar-refractivity contribution in [2.24, 2.45) is 0 Å². The number of carbonyl (C=O) groups is 3. The number of aromatic nitrogens is 1. The van der Waals surface area contributed by atoms with Gasteiger partial charge in [0.15, 0.2) is 0 Å². The van der Waals surface area contributed by atoms with Gasteiger partial charge in [-0.2, -0.15) is 0 Å². The molecule has 1 aliphatic rings. The monoisotopic (exact) mass is 579 g/mol. The molecule has 4 aromatic rings. The van der Waals surface area contributed by atoms with Crippen molar-refractivity contribution in [3.05, 3.63) is 105 Å². The quantitative estimate of drug-likeness (QED) is 0.255. The van der Waals surface area contributed by atoms with Gasteiger partial charge in [-0.15, -0.1) is 0 Å². The maximum absolute atomic E-state index is 13.0. The molecule has 180 valence electrons. The molecule has 0 radical (unpaired) electrons. The fourth-order valence-electron chi connectivity index (χ4n) is 3.98. The molecule has 0 atom stereocenters. The van der Waals surface area contributed by atoms with Gasteiger partial charge in [-0.05, 0) is 69.7 Å². The summed E-state index contributed by atoms with van der Waals surface area (Å²) in [7, 11) is 0. The molecule has 0 bridgehead atoms. The Morgan fingerprint density at radius 3 is 2.50 bits per heavy atom. The zero-order valence-corrected chi connectivity index (χ0v) is 21.9. The van der Waals surface area contributed by atoms with Gasteiger partial charge in [0.05, 0.1) is 10.6 Å². The lowest BCUT2D eigenvalue weighted by Crippen LogP contribution is -2.36. The van der Waals surface area contributed by atoms with E-state index in [-0.39, 0.29) is 11.4 Å². The zero-order valence-electron chi connectivity index (χ0n) is 18.8. The molecule has 2 heterocycles. The van der Waals surface area contributed by atoms with E-state index in [2.05, 4.69) is 25.8 Å². The lowest BCUT2D eigenvalue weighted by molar-refractivity contribution is -0.127. The Bertz CT molecular complexity index is 1530. The highest BCUT2D eigenvalue weighted by atomic mass is 79.9. The summed E-state index contributed by atoms with van der Waals surface area (Å²) in [6.45, 7) is 0.268. The number of carbonyl (C=O) groups excluding carboxylic acids is 3. The summed E-state index contributed by atoms with van der Waals surface area (Å²) < 4.78 is 2.81. The lowest BCUT2D eigenvalue weighted by Gasteiger charge is -2.13. The fourth-order valence-corrected chi connectivity index (χ4v) is 5.32. The number of halogens is 2. The third-order valence-electron chi connectivity index (χ3n) is 5.70. The fraction of sp³-hybridized carbons (Fsp3) is 0.0741. The van der Waals surface area contributed by atoms with Crippen LogP contribution in [0.15, 0.2) is 88.4 Å². The second-order valence-corrected chi connectivity index (χ2v) is 10.4. The zero-order chi connectivity index (χ0) is 25.2. The smallest absolute Gasteiger partial charge is 0.294 e. The van der Waals surface area contributed by atoms with Gasteiger partial charge in [-0.1, -0.05) is 54.1 Å². The minimum absolute atomic E-state index is 0.281. The van der Waals surface area contributed by atoms with Crippen molar-refractivity contribution in [3.8, 4) is 0 Å². The Kier molecular flexibility index (Phi) is 7.00. The lowest BCUT2D eigenvalue weighted by atomic mass is 10.1. The van der Waals surface area contributed by atoms with E-state index in [1.807, 2.05) is 60.8 Å². The van der Waals surface area contributed by atoms with Crippen LogP contribution in [0.5, 0.6) is 0 Å². The number of benzene rings is 3. The Morgan fingerprint density at radius 1 is 1.00 bits per heavy atom. The van der Waals surface area contributed by atoms with Gasteiger partial charge in [0.25, 0.3) is 11.1 Å². The van der Waals surface area contributed by atoms with E-state index in [1.54, 1.807) is 24.3 Å². The van der Waals surface area contributed by atoms with Crippen molar-refractivity contribution < 1.29 is 14.4 Å². The third kappa shape index (κ3) is 5.11. The van der Waals surface area contributed by atoms with Crippen LogP contribution in [0.25, 0.3) is 17.0 Å². The molecule has 0 saturated carbocycles. The van der Waals surface area contributed by atoms with Gasteiger partial charge in [0.2, 0.25) is 5.91 Å². The normalized spacial score (nSPS) is 14.7. The Labute approximate surface area is 225 Å². The second kappa shape index (κ2) is 10.3. The molecule has 9 heteroatoms. The van der Waals surface area contributed by atoms with Crippen molar-refractivity contribution >= 4 is 79.0 Å². The number of nitrogens with one attached hydrogen (secondary N) is 1. The van der Waals surface area contributed by atoms with Crippen molar-refractivity contribution in [3.63, 3.8) is 0 Å². The molecule has 0 spiro atoms. The van der Waals surface area contributed by atoms with Crippen LogP contribution in [-0.2, 0) is 16.1 Å². The molecule has 1 aliphatic heterocycles. The summed E-state index contributed by atoms with van der Waals surface area (Å²) in [6.07, 6.45) is 3.68. The number of hydrogen-bond acceptors (Lipinski definition) is 4. The average molecular weight is 581 g/mol. The number of thioether (sulfide) groups is 1. The van der Waals surface area contributed by atoms with Crippen LogP contribution in [0.2, 0.25) is 5.02 Å². The Morgan fingerprint density at radius 2 is 1.72 bits per heavy atom. The molecule has 0 aliphatic carbocycles. The van der Waals surface area contributed by atoms with E-state index in [1.165, 1.54) is 0 Å². The third-order valence-corrected chi connectivity index (χ3v) is 7.55. The molecule has 5 rings (SSSR count). The number of imide groups is 1. The average Bonchev–Trinajstić information content (AvgIpc) is 3.34. The van der Waals surface area contributed by atoms with Crippen molar-refractivity contribution in [2.75, 3.05) is 11.9 Å². The van der Waals surface area contributed by atoms with E-state index in [0.29, 0.717) is 21.7 Å². The standard InChI is InChI=1S/C27H19BrClN3O3S/c28-21-6-2-3-7-22(21)30-25(33)16-32-26(34)24(36-27(32)35)13-18-15-31(23-8-4-1-5-20(18)23)14-17-9-11-19(29)12-10-17/h1-13,15H,14,16H2,(H,30,33)/b24-13-. The van der Waals surface area contributed by atoms with Gasteiger partial charge < -0.3 is 9.88 Å². The number of hydrogen-bond donors (Lipinski definition) is 1. The number of rotatable bonds is 6. The summed E-state index contributed by atoms with van der Waals surface area (Å²) in [5.74, 6) is -0.938. The predicted molar refractivity (Wildman–Crippen MR) is 148 cm³/mol. The summed E-state index contributed by atoms with van der Waals surface area (Å²) in [4.78, 5) is 39.4. The molecular formula is C27H19BrClN3O3S. The maximum atomic E-state index is 13.0. The van der Waals surface area contributed by atoms with Gasteiger partial charge in [0.1, 0.15) is 6.54 Å². The number of para-hydroxylation sites is 2. The van der Waals surface area contributed by atoms with Crippen LogP contribution in [0.4, 0.5) is 10.5 Å². The first kappa shape index (κ1) is 24.4. The van der Waals surface area contributed by atoms with Crippen LogP contribution in [0.3, 0.4) is 0 Å². The van der Waals surface area contributed by atoms with Crippen molar-refractivity contribution in [2.45, 2.75) is 6.54 Å². The van der Waals surface area contributed by atoms with E-state index in [4.69, 9.17) is 11.6 Å². The molecule has 1 N–H and O–H groups in total. The Balaban J connectivity index is 1.38. The first-order chi connectivity index (χ1) is 17.4. The van der Waals surface area contributed by atoms with Gasteiger partial charge in [-0.3, -0.25) is 19.3 Å². The van der Waals surface area contributed by atoms with E-state index in [9.17, 15) is 14.4 Å². The Hall–Kier alpha value is -3.33. The molecule has 1 aromatic heterocycles. The highest BCUT2D eigenvalue weighted by molar-refractivity contribution is 9.10. The minimum atomic E-state index is -0.484. The molecule has 0 unspecified atom stereocenters. The summed E-state index contributed by atoms with van der Waals surface area (Å²) in [5.41, 5.74) is 3.48. The van der Waals surface area contributed by atoms with Gasteiger partial charge in [0, 0.05) is 38.7 Å². The van der Waals surface area contributed by atoms with Crippen LogP contribution in [0.1, 0.15) is 11.1 Å². The summed E-state index contributed by atoms with van der Waals surface area (Å²) in [6, 6.07) is 22.7. The molecule has 1 saturated heterocycles. The molecular weight excluding hydrogens is 562 g/mol. The second-order valence-electron chi connectivity index (χ2n) is 8.15. The van der Waals surface area contributed by atoms with Crippen LogP contribution >= 0.6 is 39.3 Å². The first-order valence-electron chi connectivity index (χ1n) is 11.0. The minimum Gasteiger partial charge on any atom is -0.342 e. The molecule has 3 aromatic carbocycles. The van der Waals surface area contributed by atoms with E-state index < -0.39 is 17.1 Å². The van der Waals surface area contributed by atoms with Crippen molar-refractivity contribution in [1.82, 2.24) is 9.47 Å². The number of nitrogens with zero attached hydrogens (tertiary/aromatic N) is 2. The highest BCUT2D eigenvalue weighted by Crippen LogP contribution is 2.34. The van der Waals surface area contributed by atoms with Crippen LogP contribution < -0.4 is 5.32 Å². The number of anilines is 1. The van der Waals surface area contributed by atoms with E-state index in [0.717, 1.165) is 38.7 Å². The van der Waals surface area contributed by atoms with E-state index >= 15 is 0 Å². The van der Waals surface area contributed by atoms with Crippen molar-refractivity contribution in [1.29, 1.82) is 0 Å². The highest BCUT2D eigenvalue weighted by Gasteiger charge is 2.36. The van der Waals surface area contributed by atoms with Crippen LogP contribution in [0, 0.1) is 0 Å². The van der Waals surface area contributed by atoms with Gasteiger partial charge in [-0.25, -0.2) is 0 Å². The molecule has 3 amide bonds. The maximum Gasteiger partial charge on any atom is 0.294 e. The topological polar surface area (TPSA) is 71.4 Å².